The number of benzene rings is 1. The molecule has 0 amide bonds. The number of carbonyl (C=O) groups excluding carboxylic acids is 1. The van der Waals surface area contributed by atoms with Crippen molar-refractivity contribution in [2.24, 2.45) is 11.8 Å². The minimum absolute atomic E-state index is 0.00682. The van der Waals surface area contributed by atoms with Gasteiger partial charge in [0.1, 0.15) is 0 Å². The maximum absolute atomic E-state index is 12.0. The average Bonchev–Trinajstić information content (AvgIpc) is 2.98. The van der Waals surface area contributed by atoms with Crippen LogP contribution in [0.25, 0.3) is 0 Å². The van der Waals surface area contributed by atoms with Crippen molar-refractivity contribution in [1.29, 1.82) is 0 Å². The standard InChI is InChI=1S/C13H13O4.3CH3.Sn/c1-8-10(6-15-13(8)14)4-9-2-3-11-12(5-9)17-7-16-11;;;;/h2-3,5,8,10H,1,4,6-7H2;3*1H3;/t8-,10+;;;;/m1..../s1. The fourth-order valence-corrected chi connectivity index (χ4v) is 8.28. The van der Waals surface area contributed by atoms with Crippen molar-refractivity contribution in [2.75, 3.05) is 13.4 Å². The summed E-state index contributed by atoms with van der Waals surface area (Å²) < 4.78 is 17.2. The van der Waals surface area contributed by atoms with Crippen LogP contribution in [0.2, 0.25) is 19.3 Å². The van der Waals surface area contributed by atoms with Gasteiger partial charge in [-0.25, -0.2) is 0 Å². The zero-order valence-corrected chi connectivity index (χ0v) is 15.7. The first-order chi connectivity index (χ1) is 9.92. The van der Waals surface area contributed by atoms with Gasteiger partial charge in [0.25, 0.3) is 0 Å². The Bertz CT molecular complexity index is 550. The number of ether oxygens (including phenoxy) is 3. The summed E-state index contributed by atoms with van der Waals surface area (Å²) >= 11 is -2.01. The second-order valence-electron chi connectivity index (χ2n) is 7.15. The number of hydrogen-bond acceptors (Lipinski definition) is 4. The van der Waals surface area contributed by atoms with Gasteiger partial charge in [-0.05, 0) is 0 Å². The van der Waals surface area contributed by atoms with E-state index < -0.39 is 18.4 Å². The Morgan fingerprint density at radius 1 is 1.14 bits per heavy atom. The molecule has 4 nitrogen and oxygen atoms in total. The van der Waals surface area contributed by atoms with Crippen molar-refractivity contribution in [3.63, 3.8) is 0 Å². The van der Waals surface area contributed by atoms with E-state index in [1.54, 1.807) is 0 Å². The van der Waals surface area contributed by atoms with Gasteiger partial charge < -0.3 is 0 Å². The summed E-state index contributed by atoms with van der Waals surface area (Å²) in [6.07, 6.45) is 0.870. The van der Waals surface area contributed by atoms with Crippen LogP contribution in [0.3, 0.4) is 0 Å². The summed E-state index contributed by atoms with van der Waals surface area (Å²) in [5.41, 5.74) is 1.19. The van der Waals surface area contributed by atoms with Gasteiger partial charge in [0.2, 0.25) is 0 Å². The quantitative estimate of drug-likeness (QED) is 0.579. The summed E-state index contributed by atoms with van der Waals surface area (Å²) in [4.78, 5) is 19.1. The van der Waals surface area contributed by atoms with Crippen molar-refractivity contribution in [3.8, 4) is 11.5 Å². The van der Waals surface area contributed by atoms with Crippen LogP contribution >= 0.6 is 0 Å². The molecule has 2 aliphatic heterocycles. The molecule has 0 aromatic heterocycles. The monoisotopic (exact) mass is 398 g/mol. The minimum atomic E-state index is -2.01. The Morgan fingerprint density at radius 2 is 1.90 bits per heavy atom. The molecule has 5 heteroatoms. The predicted molar refractivity (Wildman–Crippen MR) is 82.4 cm³/mol. The Hall–Kier alpha value is -0.911. The van der Waals surface area contributed by atoms with Crippen LogP contribution in [0.4, 0.5) is 0 Å². The number of cyclic esters (lactones) is 1. The predicted octanol–water partition coefficient (Wildman–Crippen LogP) is 3.09. The van der Waals surface area contributed by atoms with Gasteiger partial charge in [-0.15, -0.1) is 0 Å². The first kappa shape index (κ1) is 15.0. The molecule has 2 atom stereocenters. The number of carbonyl (C=O) groups is 1. The van der Waals surface area contributed by atoms with Gasteiger partial charge in [0.15, 0.2) is 0 Å². The van der Waals surface area contributed by atoms with Crippen molar-refractivity contribution < 1.29 is 19.0 Å². The molecule has 0 bridgehead atoms. The number of hydrogen-bond donors (Lipinski definition) is 0. The summed E-state index contributed by atoms with van der Waals surface area (Å²) in [6.45, 7) is 0.852. The third-order valence-corrected chi connectivity index (χ3v) is 8.83. The molecule has 0 radical (unpaired) electrons. The van der Waals surface area contributed by atoms with Crippen molar-refractivity contribution >= 4 is 24.3 Å². The van der Waals surface area contributed by atoms with Gasteiger partial charge in [-0.2, -0.15) is 0 Å². The van der Waals surface area contributed by atoms with E-state index >= 15 is 0 Å². The van der Waals surface area contributed by atoms with Gasteiger partial charge in [0, 0.05) is 0 Å². The maximum atomic E-state index is 12.0. The van der Waals surface area contributed by atoms with E-state index in [0.29, 0.717) is 19.3 Å². The Labute approximate surface area is 129 Å². The van der Waals surface area contributed by atoms with E-state index in [0.717, 1.165) is 22.4 Å². The van der Waals surface area contributed by atoms with Crippen LogP contribution in [0, 0.1) is 11.8 Å². The van der Waals surface area contributed by atoms with Crippen molar-refractivity contribution in [1.82, 2.24) is 0 Å². The van der Waals surface area contributed by atoms with Crippen LogP contribution in [0.1, 0.15) is 5.56 Å². The van der Waals surface area contributed by atoms with Crippen LogP contribution in [-0.4, -0.2) is 37.7 Å². The molecular formula is C16H22O4Sn. The third-order valence-electron chi connectivity index (χ3n) is 4.08. The normalized spacial score (nSPS) is 24.2. The van der Waals surface area contributed by atoms with E-state index in [4.69, 9.17) is 14.2 Å². The van der Waals surface area contributed by atoms with Crippen LogP contribution in [-0.2, 0) is 16.0 Å². The summed E-state index contributed by atoms with van der Waals surface area (Å²) in [5, 5.41) is 0. The van der Waals surface area contributed by atoms with E-state index in [1.165, 1.54) is 5.56 Å². The third kappa shape index (κ3) is 3.47. The van der Waals surface area contributed by atoms with E-state index in [9.17, 15) is 4.79 Å². The summed E-state index contributed by atoms with van der Waals surface area (Å²) in [7, 11) is 0. The molecule has 2 heterocycles. The van der Waals surface area contributed by atoms with Gasteiger partial charge in [-0.1, -0.05) is 0 Å². The second kappa shape index (κ2) is 5.70. The van der Waals surface area contributed by atoms with Crippen molar-refractivity contribution in [2.45, 2.75) is 25.7 Å². The SMILES string of the molecule is [CH3][Sn]([CH3])([CH3])[CH2][C@H]1C(=O)OC[C@@H]1Cc1ccc2c(c1)OCO2. The molecule has 2 aliphatic rings. The van der Waals surface area contributed by atoms with Crippen molar-refractivity contribution in [3.05, 3.63) is 23.8 Å². The number of esters is 1. The topological polar surface area (TPSA) is 44.8 Å². The zero-order chi connectivity index (χ0) is 15.0. The van der Waals surface area contributed by atoms with Gasteiger partial charge in [-0.3, -0.25) is 0 Å². The fraction of sp³-hybridized carbons (Fsp3) is 0.562. The van der Waals surface area contributed by atoms with E-state index in [2.05, 4.69) is 20.9 Å². The van der Waals surface area contributed by atoms with Crippen LogP contribution < -0.4 is 9.47 Å². The Balaban J connectivity index is 1.72. The molecule has 0 saturated carbocycles. The molecular weight excluding hydrogens is 375 g/mol. The molecule has 21 heavy (non-hydrogen) atoms. The van der Waals surface area contributed by atoms with Crippen LogP contribution in [0.5, 0.6) is 11.5 Å². The molecule has 0 spiro atoms. The fourth-order valence-electron chi connectivity index (χ4n) is 3.09. The summed E-state index contributed by atoms with van der Waals surface area (Å²) in [5.74, 6) is 2.01. The molecule has 0 unspecified atom stereocenters. The molecule has 1 fully saturated rings. The van der Waals surface area contributed by atoms with E-state index in [-0.39, 0.29) is 11.9 Å². The first-order valence-corrected chi connectivity index (χ1v) is 18.1. The molecule has 0 aliphatic carbocycles. The van der Waals surface area contributed by atoms with Gasteiger partial charge >= 0.3 is 130 Å². The zero-order valence-electron chi connectivity index (χ0n) is 12.8. The molecule has 1 aromatic carbocycles. The number of rotatable bonds is 4. The molecule has 3 rings (SSSR count). The van der Waals surface area contributed by atoms with Crippen LogP contribution in [0.15, 0.2) is 18.2 Å². The molecule has 1 saturated heterocycles. The molecule has 114 valence electrons. The Morgan fingerprint density at radius 3 is 2.67 bits per heavy atom. The van der Waals surface area contributed by atoms with E-state index in [1.807, 2.05) is 12.1 Å². The number of fused-ring (bicyclic) bond motifs is 1. The van der Waals surface area contributed by atoms with Gasteiger partial charge in [0.05, 0.1) is 0 Å². The second-order valence-corrected chi connectivity index (χ2v) is 22.9. The average molecular weight is 397 g/mol. The molecule has 1 aromatic rings. The first-order valence-electron chi connectivity index (χ1n) is 7.47. The molecule has 0 N–H and O–H groups in total. The summed E-state index contributed by atoms with van der Waals surface area (Å²) in [6, 6.07) is 6.05. The Kier molecular flexibility index (Phi) is 4.08.